The highest BCUT2D eigenvalue weighted by Crippen LogP contribution is 2.31. The predicted molar refractivity (Wildman–Crippen MR) is 110 cm³/mol. The summed E-state index contributed by atoms with van der Waals surface area (Å²) in [7, 11) is 1.46. The van der Waals surface area contributed by atoms with Crippen molar-refractivity contribution in [2.45, 2.75) is 19.0 Å². The number of aliphatic hydroxyl groups excluding tert-OH is 1. The number of methoxy groups -OCH3 is 1. The summed E-state index contributed by atoms with van der Waals surface area (Å²) < 4.78 is 19.3. The van der Waals surface area contributed by atoms with Crippen LogP contribution in [0.15, 0.2) is 78.9 Å². The van der Waals surface area contributed by atoms with Crippen LogP contribution in [0.3, 0.4) is 0 Å². The van der Waals surface area contributed by atoms with E-state index in [1.165, 1.54) is 24.3 Å². The maximum absolute atomic E-state index is 14.2. The zero-order chi connectivity index (χ0) is 19.8. The van der Waals surface area contributed by atoms with Gasteiger partial charge in [0.15, 0.2) is 11.6 Å². The number of nitrogens with zero attached hydrogens (tertiary/aromatic N) is 1. The van der Waals surface area contributed by atoms with Gasteiger partial charge in [0.25, 0.3) is 0 Å². The van der Waals surface area contributed by atoms with E-state index < -0.39 is 0 Å². The molecule has 0 spiro atoms. The molecule has 0 radical (unpaired) electrons. The molecule has 3 aromatic rings. The predicted octanol–water partition coefficient (Wildman–Crippen LogP) is 4.81. The molecule has 3 aromatic carbocycles. The highest BCUT2D eigenvalue weighted by molar-refractivity contribution is 5.33. The average Bonchev–Trinajstić information content (AvgIpc) is 2.74. The third kappa shape index (κ3) is 4.97. The monoisotopic (exact) mass is 379 g/mol. The van der Waals surface area contributed by atoms with Crippen LogP contribution in [-0.2, 0) is 6.54 Å². The molecule has 1 N–H and O–H groups in total. The maximum atomic E-state index is 14.2. The molecule has 28 heavy (non-hydrogen) atoms. The lowest BCUT2D eigenvalue weighted by Gasteiger charge is -2.33. The van der Waals surface area contributed by atoms with Gasteiger partial charge < -0.3 is 9.84 Å². The molecule has 0 saturated heterocycles. The van der Waals surface area contributed by atoms with E-state index in [1.54, 1.807) is 6.07 Å². The van der Waals surface area contributed by atoms with Crippen LogP contribution in [0.25, 0.3) is 0 Å². The summed E-state index contributed by atoms with van der Waals surface area (Å²) in [6.45, 7) is 1.37. The maximum Gasteiger partial charge on any atom is 0.165 e. The number of ether oxygens (including phenoxy) is 1. The molecule has 3 nitrogen and oxygen atoms in total. The normalized spacial score (nSPS) is 11.2. The molecule has 0 unspecified atom stereocenters. The highest BCUT2D eigenvalue weighted by atomic mass is 19.1. The Morgan fingerprint density at radius 2 is 1.54 bits per heavy atom. The average molecular weight is 379 g/mol. The van der Waals surface area contributed by atoms with Crippen LogP contribution in [0, 0.1) is 5.82 Å². The Hall–Kier alpha value is -2.69. The fourth-order valence-electron chi connectivity index (χ4n) is 3.50. The molecule has 0 aromatic heterocycles. The van der Waals surface area contributed by atoms with E-state index in [-0.39, 0.29) is 24.2 Å². The lowest BCUT2D eigenvalue weighted by atomic mass is 9.96. The first-order chi connectivity index (χ1) is 13.7. The van der Waals surface area contributed by atoms with Crippen molar-refractivity contribution >= 4 is 0 Å². The number of benzene rings is 3. The second kappa shape index (κ2) is 10.0. The van der Waals surface area contributed by atoms with E-state index in [9.17, 15) is 9.50 Å². The van der Waals surface area contributed by atoms with E-state index in [2.05, 4.69) is 29.2 Å². The number of rotatable bonds is 9. The van der Waals surface area contributed by atoms with E-state index in [0.717, 1.165) is 5.56 Å². The minimum absolute atomic E-state index is 0.0131. The highest BCUT2D eigenvalue weighted by Gasteiger charge is 2.22. The standard InChI is InChI=1S/C24H26FNO2/c1-28-23-14-13-19(17-22(23)25)18-26(15-8-16-27)24(20-9-4-2-5-10-20)21-11-6-3-7-12-21/h2-7,9-14,17,24,27H,8,15-16,18H2,1H3. The van der Waals surface area contributed by atoms with Gasteiger partial charge in [-0.15, -0.1) is 0 Å². The van der Waals surface area contributed by atoms with Crippen LogP contribution >= 0.6 is 0 Å². The number of hydrogen-bond donors (Lipinski definition) is 1. The molecule has 0 aliphatic rings. The van der Waals surface area contributed by atoms with Crippen molar-refractivity contribution in [1.29, 1.82) is 0 Å². The van der Waals surface area contributed by atoms with Gasteiger partial charge in [-0.2, -0.15) is 0 Å². The van der Waals surface area contributed by atoms with Gasteiger partial charge in [0.05, 0.1) is 13.2 Å². The number of aliphatic hydroxyl groups is 1. The topological polar surface area (TPSA) is 32.7 Å². The minimum atomic E-state index is -0.363. The molecule has 0 atom stereocenters. The molecular formula is C24H26FNO2. The van der Waals surface area contributed by atoms with E-state index in [4.69, 9.17) is 4.74 Å². The Balaban J connectivity index is 1.97. The Bertz CT molecular complexity index is 815. The molecule has 0 amide bonds. The summed E-state index contributed by atoms with van der Waals surface area (Å²) in [5, 5.41) is 9.41. The minimum Gasteiger partial charge on any atom is -0.494 e. The van der Waals surface area contributed by atoms with E-state index >= 15 is 0 Å². The summed E-state index contributed by atoms with van der Waals surface area (Å²) >= 11 is 0. The molecule has 146 valence electrons. The van der Waals surface area contributed by atoms with Gasteiger partial charge in [0.1, 0.15) is 0 Å². The number of halogens is 1. The second-order valence-electron chi connectivity index (χ2n) is 6.74. The molecule has 3 rings (SSSR count). The molecular weight excluding hydrogens is 353 g/mol. The SMILES string of the molecule is COc1ccc(CN(CCCO)C(c2ccccc2)c2ccccc2)cc1F. The van der Waals surface area contributed by atoms with Gasteiger partial charge in [-0.1, -0.05) is 66.7 Å². The first-order valence-electron chi connectivity index (χ1n) is 9.50. The van der Waals surface area contributed by atoms with Crippen LogP contribution in [0.2, 0.25) is 0 Å². The van der Waals surface area contributed by atoms with Crippen molar-refractivity contribution in [2.75, 3.05) is 20.3 Å². The van der Waals surface area contributed by atoms with Crippen molar-refractivity contribution in [1.82, 2.24) is 4.90 Å². The molecule has 0 heterocycles. The smallest absolute Gasteiger partial charge is 0.165 e. The first-order valence-corrected chi connectivity index (χ1v) is 9.50. The molecule has 0 saturated carbocycles. The molecule has 0 aliphatic heterocycles. The van der Waals surface area contributed by atoms with Crippen LogP contribution < -0.4 is 4.74 Å². The van der Waals surface area contributed by atoms with Crippen molar-refractivity contribution in [3.63, 3.8) is 0 Å². The van der Waals surface area contributed by atoms with Gasteiger partial charge in [-0.3, -0.25) is 4.90 Å². The van der Waals surface area contributed by atoms with E-state index in [1.807, 2.05) is 42.5 Å². The van der Waals surface area contributed by atoms with Gasteiger partial charge >= 0.3 is 0 Å². The van der Waals surface area contributed by atoms with Crippen LogP contribution in [0.4, 0.5) is 4.39 Å². The van der Waals surface area contributed by atoms with Gasteiger partial charge in [-0.25, -0.2) is 4.39 Å². The lowest BCUT2D eigenvalue weighted by molar-refractivity contribution is 0.186. The summed E-state index contributed by atoms with van der Waals surface area (Å²) in [6.07, 6.45) is 0.648. The lowest BCUT2D eigenvalue weighted by Crippen LogP contribution is -2.31. The summed E-state index contributed by atoms with van der Waals surface area (Å²) in [6, 6.07) is 25.7. The zero-order valence-corrected chi connectivity index (χ0v) is 16.1. The molecule has 0 bridgehead atoms. The Labute approximate surface area is 166 Å². The van der Waals surface area contributed by atoms with Gasteiger partial charge in [0, 0.05) is 19.7 Å². The quantitative estimate of drug-likeness (QED) is 0.579. The van der Waals surface area contributed by atoms with Crippen molar-refractivity contribution < 1.29 is 14.2 Å². The van der Waals surface area contributed by atoms with Crippen molar-refractivity contribution in [2.24, 2.45) is 0 Å². The van der Waals surface area contributed by atoms with E-state index in [0.29, 0.717) is 19.5 Å². The Morgan fingerprint density at radius 3 is 2.04 bits per heavy atom. The molecule has 0 fully saturated rings. The van der Waals surface area contributed by atoms with Crippen LogP contribution in [0.1, 0.15) is 29.2 Å². The Kier molecular flexibility index (Phi) is 7.18. The van der Waals surface area contributed by atoms with Gasteiger partial charge in [0.2, 0.25) is 0 Å². The third-order valence-electron chi connectivity index (χ3n) is 4.80. The fraction of sp³-hybridized carbons (Fsp3) is 0.250. The summed E-state index contributed by atoms with van der Waals surface area (Å²) in [5.41, 5.74) is 3.20. The van der Waals surface area contributed by atoms with Crippen LogP contribution in [0.5, 0.6) is 5.75 Å². The second-order valence-corrected chi connectivity index (χ2v) is 6.74. The van der Waals surface area contributed by atoms with Gasteiger partial charge in [-0.05, 0) is 35.2 Å². The van der Waals surface area contributed by atoms with Crippen molar-refractivity contribution in [3.05, 3.63) is 101 Å². The zero-order valence-electron chi connectivity index (χ0n) is 16.1. The fourth-order valence-corrected chi connectivity index (χ4v) is 3.50. The summed E-state index contributed by atoms with van der Waals surface area (Å²) in [4.78, 5) is 2.28. The largest absolute Gasteiger partial charge is 0.494 e. The van der Waals surface area contributed by atoms with Crippen LogP contribution in [-0.4, -0.2) is 30.3 Å². The summed E-state index contributed by atoms with van der Waals surface area (Å²) in [5.74, 6) is -0.119. The number of hydrogen-bond acceptors (Lipinski definition) is 3. The van der Waals surface area contributed by atoms with Crippen molar-refractivity contribution in [3.8, 4) is 5.75 Å². The Morgan fingerprint density at radius 1 is 0.929 bits per heavy atom. The third-order valence-corrected chi connectivity index (χ3v) is 4.80. The molecule has 0 aliphatic carbocycles. The first kappa shape index (κ1) is 20.1. The molecule has 4 heteroatoms.